The van der Waals surface area contributed by atoms with E-state index in [1.807, 2.05) is 0 Å². The summed E-state index contributed by atoms with van der Waals surface area (Å²) in [6.45, 7) is 0.375. The Bertz CT molecular complexity index is 409. The summed E-state index contributed by atoms with van der Waals surface area (Å²) in [5, 5.41) is 9.01. The third kappa shape index (κ3) is 5.57. The quantitative estimate of drug-likeness (QED) is 0.586. The lowest BCUT2D eigenvalue weighted by atomic mass is 10.3. The number of unbranched alkanes of at least 4 members (excludes halogenated alkanes) is 1. The van der Waals surface area contributed by atoms with Gasteiger partial charge in [0, 0.05) is 0 Å². The highest BCUT2D eigenvalue weighted by atomic mass is 32.2. The van der Waals surface area contributed by atoms with Gasteiger partial charge in [-0.15, -0.1) is 0 Å². The van der Waals surface area contributed by atoms with E-state index in [0.29, 0.717) is 25.2 Å². The predicted octanol–water partition coefficient (Wildman–Crippen LogP) is 1.44. The minimum absolute atomic E-state index is 0.165. The first kappa shape index (κ1) is 12.8. The van der Waals surface area contributed by atoms with Crippen molar-refractivity contribution in [2.45, 2.75) is 12.8 Å². The van der Waals surface area contributed by atoms with Crippen LogP contribution in [0.2, 0.25) is 0 Å². The maximum atomic E-state index is 10.4. The molecule has 0 saturated heterocycles. The molecule has 0 saturated carbocycles. The second kappa shape index (κ2) is 5.72. The molecular formula is C10H14O5S. The van der Waals surface area contributed by atoms with Gasteiger partial charge in [0.25, 0.3) is 10.1 Å². The van der Waals surface area contributed by atoms with Gasteiger partial charge in [0.2, 0.25) is 0 Å². The van der Waals surface area contributed by atoms with Crippen molar-refractivity contribution in [2.24, 2.45) is 0 Å². The SMILES string of the molecule is O=S(=O)(O)CCCCOc1ccc(O)cc1. The molecule has 1 aromatic rings. The number of hydrogen-bond acceptors (Lipinski definition) is 4. The van der Waals surface area contributed by atoms with E-state index < -0.39 is 10.1 Å². The minimum Gasteiger partial charge on any atom is -0.508 e. The number of benzene rings is 1. The van der Waals surface area contributed by atoms with E-state index in [1.54, 1.807) is 12.1 Å². The minimum atomic E-state index is -3.86. The summed E-state index contributed by atoms with van der Waals surface area (Å²) in [4.78, 5) is 0. The molecule has 0 aromatic heterocycles. The monoisotopic (exact) mass is 246 g/mol. The largest absolute Gasteiger partial charge is 0.508 e. The highest BCUT2D eigenvalue weighted by Gasteiger charge is 2.03. The van der Waals surface area contributed by atoms with Crippen molar-refractivity contribution in [1.82, 2.24) is 0 Å². The van der Waals surface area contributed by atoms with Gasteiger partial charge in [-0.05, 0) is 37.1 Å². The molecule has 0 unspecified atom stereocenters. The summed E-state index contributed by atoms with van der Waals surface area (Å²) < 4.78 is 34.5. The predicted molar refractivity (Wildman–Crippen MR) is 59.3 cm³/mol. The van der Waals surface area contributed by atoms with Gasteiger partial charge in [0.1, 0.15) is 11.5 Å². The summed E-state index contributed by atoms with van der Waals surface area (Å²) in [5.41, 5.74) is 0. The zero-order chi connectivity index (χ0) is 12.0. The average Bonchev–Trinajstić information content (AvgIpc) is 2.19. The standard InChI is InChI=1S/C10H14O5S/c11-9-3-5-10(6-4-9)15-7-1-2-8-16(12,13)14/h3-6,11H,1-2,7-8H2,(H,12,13,14). The van der Waals surface area contributed by atoms with Crippen LogP contribution in [0, 0.1) is 0 Å². The van der Waals surface area contributed by atoms with Crippen LogP contribution in [0.4, 0.5) is 0 Å². The molecule has 1 rings (SSSR count). The first-order chi connectivity index (χ1) is 7.47. The van der Waals surface area contributed by atoms with Crippen LogP contribution in [0.1, 0.15) is 12.8 Å². The first-order valence-corrected chi connectivity index (χ1v) is 6.45. The second-order valence-electron chi connectivity index (χ2n) is 3.34. The van der Waals surface area contributed by atoms with Gasteiger partial charge in [-0.1, -0.05) is 0 Å². The van der Waals surface area contributed by atoms with Crippen molar-refractivity contribution in [2.75, 3.05) is 12.4 Å². The Kier molecular flexibility index (Phi) is 4.57. The van der Waals surface area contributed by atoms with Crippen molar-refractivity contribution in [3.05, 3.63) is 24.3 Å². The van der Waals surface area contributed by atoms with Crippen LogP contribution in [0.25, 0.3) is 0 Å². The maximum Gasteiger partial charge on any atom is 0.264 e. The van der Waals surface area contributed by atoms with Gasteiger partial charge in [-0.2, -0.15) is 8.42 Å². The Morgan fingerprint density at radius 2 is 1.75 bits per heavy atom. The van der Waals surface area contributed by atoms with Crippen molar-refractivity contribution < 1.29 is 22.8 Å². The lowest BCUT2D eigenvalue weighted by molar-refractivity contribution is 0.308. The Morgan fingerprint density at radius 1 is 1.12 bits per heavy atom. The van der Waals surface area contributed by atoms with E-state index >= 15 is 0 Å². The normalized spacial score (nSPS) is 11.3. The van der Waals surface area contributed by atoms with E-state index in [0.717, 1.165) is 0 Å². The Morgan fingerprint density at radius 3 is 2.31 bits per heavy atom. The van der Waals surface area contributed by atoms with Crippen LogP contribution in [0.15, 0.2) is 24.3 Å². The Balaban J connectivity index is 2.19. The third-order valence-electron chi connectivity index (χ3n) is 1.90. The van der Waals surface area contributed by atoms with Gasteiger partial charge in [0.15, 0.2) is 0 Å². The van der Waals surface area contributed by atoms with Gasteiger partial charge in [0.05, 0.1) is 12.4 Å². The molecule has 0 spiro atoms. The number of aromatic hydroxyl groups is 1. The van der Waals surface area contributed by atoms with Crippen molar-refractivity contribution >= 4 is 10.1 Å². The maximum absolute atomic E-state index is 10.4. The van der Waals surface area contributed by atoms with Crippen LogP contribution in [-0.2, 0) is 10.1 Å². The van der Waals surface area contributed by atoms with E-state index in [4.69, 9.17) is 14.4 Å². The number of phenols is 1. The Labute approximate surface area is 94.4 Å². The lowest BCUT2D eigenvalue weighted by Gasteiger charge is -2.05. The van der Waals surface area contributed by atoms with E-state index in [1.165, 1.54) is 12.1 Å². The zero-order valence-corrected chi connectivity index (χ0v) is 9.48. The smallest absolute Gasteiger partial charge is 0.264 e. The molecule has 0 aliphatic carbocycles. The number of phenolic OH excluding ortho intramolecular Hbond substituents is 1. The molecule has 16 heavy (non-hydrogen) atoms. The molecular weight excluding hydrogens is 232 g/mol. The lowest BCUT2D eigenvalue weighted by Crippen LogP contribution is -2.06. The van der Waals surface area contributed by atoms with Crippen LogP contribution in [0.5, 0.6) is 11.5 Å². The molecule has 0 bridgehead atoms. The van der Waals surface area contributed by atoms with Gasteiger partial charge in [-0.3, -0.25) is 4.55 Å². The molecule has 5 nitrogen and oxygen atoms in total. The fourth-order valence-corrected chi connectivity index (χ4v) is 1.69. The number of hydrogen-bond donors (Lipinski definition) is 2. The summed E-state index contributed by atoms with van der Waals surface area (Å²) in [7, 11) is -3.86. The van der Waals surface area contributed by atoms with Crippen LogP contribution in [0.3, 0.4) is 0 Å². The second-order valence-corrected chi connectivity index (χ2v) is 4.91. The summed E-state index contributed by atoms with van der Waals surface area (Å²) in [5.74, 6) is 0.537. The average molecular weight is 246 g/mol. The van der Waals surface area contributed by atoms with E-state index in [2.05, 4.69) is 0 Å². The Hall–Kier alpha value is -1.27. The number of ether oxygens (including phenoxy) is 1. The van der Waals surface area contributed by atoms with Crippen LogP contribution in [-0.4, -0.2) is 30.4 Å². The molecule has 0 radical (unpaired) electrons. The van der Waals surface area contributed by atoms with E-state index in [-0.39, 0.29) is 11.5 Å². The molecule has 0 fully saturated rings. The summed E-state index contributed by atoms with van der Waals surface area (Å²) >= 11 is 0. The first-order valence-electron chi connectivity index (χ1n) is 4.84. The topological polar surface area (TPSA) is 83.8 Å². The van der Waals surface area contributed by atoms with Crippen molar-refractivity contribution in [1.29, 1.82) is 0 Å². The summed E-state index contributed by atoms with van der Waals surface area (Å²) in [6.07, 6.45) is 0.900. The zero-order valence-electron chi connectivity index (χ0n) is 8.67. The molecule has 0 aliphatic rings. The number of rotatable bonds is 6. The highest BCUT2D eigenvalue weighted by molar-refractivity contribution is 7.85. The van der Waals surface area contributed by atoms with Gasteiger partial charge < -0.3 is 9.84 Å². The fraction of sp³-hybridized carbons (Fsp3) is 0.400. The fourth-order valence-electron chi connectivity index (χ4n) is 1.12. The van der Waals surface area contributed by atoms with Crippen LogP contribution >= 0.6 is 0 Å². The molecule has 1 aromatic carbocycles. The van der Waals surface area contributed by atoms with Crippen LogP contribution < -0.4 is 4.74 Å². The summed E-state index contributed by atoms with van der Waals surface area (Å²) in [6, 6.07) is 6.26. The molecule has 0 heterocycles. The van der Waals surface area contributed by atoms with Gasteiger partial charge in [-0.25, -0.2) is 0 Å². The molecule has 0 aliphatic heterocycles. The molecule has 90 valence electrons. The molecule has 2 N–H and O–H groups in total. The van der Waals surface area contributed by atoms with Gasteiger partial charge >= 0.3 is 0 Å². The highest BCUT2D eigenvalue weighted by Crippen LogP contribution is 2.16. The molecule has 0 amide bonds. The molecule has 0 atom stereocenters. The van der Waals surface area contributed by atoms with E-state index in [9.17, 15) is 8.42 Å². The van der Waals surface area contributed by atoms with Crippen molar-refractivity contribution in [3.63, 3.8) is 0 Å². The third-order valence-corrected chi connectivity index (χ3v) is 2.71. The molecule has 6 heteroatoms. The van der Waals surface area contributed by atoms with Crippen molar-refractivity contribution in [3.8, 4) is 11.5 Å².